The van der Waals surface area contributed by atoms with Crippen LogP contribution in [0.2, 0.25) is 0 Å². The van der Waals surface area contributed by atoms with Crippen molar-refractivity contribution in [1.82, 2.24) is 20.5 Å². The first kappa shape index (κ1) is 23.6. The zero-order valence-electron chi connectivity index (χ0n) is 17.1. The number of thiazole rings is 1. The molecule has 26 heavy (non-hydrogen) atoms. The Kier molecular flexibility index (Phi) is 9.82. The maximum Gasteiger partial charge on any atom is 0.191 e. The molecule has 5 nitrogen and oxygen atoms in total. The summed E-state index contributed by atoms with van der Waals surface area (Å²) in [6.07, 6.45) is 2.36. The third kappa shape index (κ3) is 7.68. The number of hydrogen-bond acceptors (Lipinski definition) is 4. The number of hydrogen-bond donors (Lipinski definition) is 2. The molecule has 0 unspecified atom stereocenters. The highest BCUT2D eigenvalue weighted by atomic mass is 127. The van der Waals surface area contributed by atoms with E-state index in [2.05, 4.69) is 60.5 Å². The fraction of sp³-hybridized carbons (Fsp3) is 0.789. The molecule has 1 aromatic rings. The molecule has 0 amide bonds. The van der Waals surface area contributed by atoms with E-state index in [-0.39, 0.29) is 29.4 Å². The van der Waals surface area contributed by atoms with E-state index in [4.69, 9.17) is 4.98 Å². The SMILES string of the molecule is CN=C(NCc1nc(C(C)(C)C)cs1)NC1CCN(CC(C)C)CC1.I. The van der Waals surface area contributed by atoms with Crippen LogP contribution in [0.25, 0.3) is 0 Å². The first-order valence-electron chi connectivity index (χ1n) is 9.42. The maximum atomic E-state index is 4.74. The van der Waals surface area contributed by atoms with Gasteiger partial charge >= 0.3 is 0 Å². The highest BCUT2D eigenvalue weighted by molar-refractivity contribution is 14.0. The third-order valence-electron chi connectivity index (χ3n) is 4.50. The van der Waals surface area contributed by atoms with E-state index in [1.807, 2.05) is 7.05 Å². The molecular formula is C19H36IN5S. The smallest absolute Gasteiger partial charge is 0.191 e. The molecule has 1 aliphatic heterocycles. The molecule has 0 saturated carbocycles. The summed E-state index contributed by atoms with van der Waals surface area (Å²) in [6, 6.07) is 0.510. The van der Waals surface area contributed by atoms with E-state index in [1.54, 1.807) is 11.3 Å². The van der Waals surface area contributed by atoms with Crippen LogP contribution in [0.1, 0.15) is 58.2 Å². The summed E-state index contributed by atoms with van der Waals surface area (Å²) in [4.78, 5) is 11.7. The van der Waals surface area contributed by atoms with Crippen LogP contribution in [-0.2, 0) is 12.0 Å². The van der Waals surface area contributed by atoms with Gasteiger partial charge in [0.1, 0.15) is 5.01 Å². The van der Waals surface area contributed by atoms with Crippen molar-refractivity contribution in [2.45, 2.75) is 65.5 Å². The number of guanidine groups is 1. The Bertz CT molecular complexity index is 557. The highest BCUT2D eigenvalue weighted by Gasteiger charge is 2.21. The van der Waals surface area contributed by atoms with Crippen molar-refractivity contribution in [3.8, 4) is 0 Å². The zero-order chi connectivity index (χ0) is 18.4. The van der Waals surface area contributed by atoms with Gasteiger partial charge in [0.25, 0.3) is 0 Å². The number of likely N-dealkylation sites (tertiary alicyclic amines) is 1. The van der Waals surface area contributed by atoms with E-state index < -0.39 is 0 Å². The summed E-state index contributed by atoms with van der Waals surface area (Å²) in [7, 11) is 1.84. The molecule has 150 valence electrons. The second-order valence-electron chi connectivity index (χ2n) is 8.42. The Balaban J connectivity index is 0.00000338. The van der Waals surface area contributed by atoms with Crippen molar-refractivity contribution in [2.24, 2.45) is 10.9 Å². The normalized spacial score (nSPS) is 17.3. The van der Waals surface area contributed by atoms with Gasteiger partial charge in [0.2, 0.25) is 0 Å². The molecule has 1 saturated heterocycles. The van der Waals surface area contributed by atoms with Gasteiger partial charge in [-0.1, -0.05) is 34.6 Å². The number of aliphatic imine (C=N–C) groups is 1. The minimum Gasteiger partial charge on any atom is -0.354 e. The van der Waals surface area contributed by atoms with Crippen LogP contribution < -0.4 is 10.6 Å². The molecule has 1 aliphatic rings. The maximum absolute atomic E-state index is 4.74. The second kappa shape index (κ2) is 10.8. The lowest BCUT2D eigenvalue weighted by molar-refractivity contribution is 0.187. The van der Waals surface area contributed by atoms with Gasteiger partial charge in [-0.3, -0.25) is 4.99 Å². The Labute approximate surface area is 180 Å². The summed E-state index contributed by atoms with van der Waals surface area (Å²) < 4.78 is 0. The summed E-state index contributed by atoms with van der Waals surface area (Å²) in [5, 5.41) is 10.3. The van der Waals surface area contributed by atoms with Gasteiger partial charge in [-0.2, -0.15) is 0 Å². The molecule has 7 heteroatoms. The fourth-order valence-electron chi connectivity index (χ4n) is 3.06. The van der Waals surface area contributed by atoms with Crippen molar-refractivity contribution >= 4 is 41.3 Å². The lowest BCUT2D eigenvalue weighted by atomic mass is 9.93. The number of halogens is 1. The van der Waals surface area contributed by atoms with Gasteiger partial charge in [-0.05, 0) is 18.8 Å². The van der Waals surface area contributed by atoms with E-state index >= 15 is 0 Å². The Morgan fingerprint density at radius 1 is 1.35 bits per heavy atom. The molecule has 1 fully saturated rings. The van der Waals surface area contributed by atoms with Gasteiger partial charge in [0.05, 0.1) is 12.2 Å². The van der Waals surface area contributed by atoms with E-state index in [1.165, 1.54) is 32.5 Å². The number of aromatic nitrogens is 1. The molecule has 0 aliphatic carbocycles. The van der Waals surface area contributed by atoms with E-state index in [0.717, 1.165) is 29.1 Å². The van der Waals surface area contributed by atoms with E-state index in [0.29, 0.717) is 6.04 Å². The zero-order valence-corrected chi connectivity index (χ0v) is 20.3. The van der Waals surface area contributed by atoms with Gasteiger partial charge in [-0.15, -0.1) is 35.3 Å². The van der Waals surface area contributed by atoms with Crippen molar-refractivity contribution < 1.29 is 0 Å². The number of nitrogens with zero attached hydrogens (tertiary/aromatic N) is 3. The average Bonchev–Trinajstić information content (AvgIpc) is 3.02. The molecule has 2 heterocycles. The highest BCUT2D eigenvalue weighted by Crippen LogP contribution is 2.23. The second-order valence-corrected chi connectivity index (χ2v) is 9.36. The van der Waals surface area contributed by atoms with Crippen LogP contribution in [0.5, 0.6) is 0 Å². The molecule has 0 radical (unpaired) electrons. The predicted molar refractivity (Wildman–Crippen MR) is 124 cm³/mol. The molecule has 2 N–H and O–H groups in total. The number of piperidine rings is 1. The third-order valence-corrected chi connectivity index (χ3v) is 5.35. The summed E-state index contributed by atoms with van der Waals surface area (Å²) in [6.45, 7) is 15.5. The summed E-state index contributed by atoms with van der Waals surface area (Å²) >= 11 is 1.72. The minimum atomic E-state index is 0. The van der Waals surface area contributed by atoms with Gasteiger partial charge in [0.15, 0.2) is 5.96 Å². The molecule has 1 aromatic heterocycles. The molecule has 0 spiro atoms. The van der Waals surface area contributed by atoms with Crippen LogP contribution in [0.4, 0.5) is 0 Å². The standard InChI is InChI=1S/C19H35N5S.HI/c1-14(2)12-24-9-7-15(8-10-24)22-18(20-6)21-11-17-23-16(13-25-17)19(3,4)5;/h13-15H,7-12H2,1-6H3,(H2,20,21,22);1H. The average molecular weight is 494 g/mol. The molecule has 0 atom stereocenters. The van der Waals surface area contributed by atoms with Crippen LogP contribution in [0, 0.1) is 5.92 Å². The van der Waals surface area contributed by atoms with Crippen molar-refractivity contribution in [1.29, 1.82) is 0 Å². The first-order chi connectivity index (χ1) is 11.8. The Morgan fingerprint density at radius 3 is 2.50 bits per heavy atom. The lowest BCUT2D eigenvalue weighted by Crippen LogP contribution is -2.48. The van der Waals surface area contributed by atoms with Crippen molar-refractivity contribution in [2.75, 3.05) is 26.7 Å². The topological polar surface area (TPSA) is 52.6 Å². The van der Waals surface area contributed by atoms with Gasteiger partial charge < -0.3 is 15.5 Å². The summed E-state index contributed by atoms with van der Waals surface area (Å²) in [5.41, 5.74) is 1.27. The van der Waals surface area contributed by atoms with Gasteiger partial charge in [0, 0.05) is 43.5 Å². The number of nitrogens with one attached hydrogen (secondary N) is 2. The van der Waals surface area contributed by atoms with Crippen LogP contribution in [-0.4, -0.2) is 48.6 Å². The molecular weight excluding hydrogens is 457 g/mol. The van der Waals surface area contributed by atoms with Crippen LogP contribution >= 0.6 is 35.3 Å². The van der Waals surface area contributed by atoms with Gasteiger partial charge in [-0.25, -0.2) is 4.98 Å². The Hall–Kier alpha value is -0.410. The lowest BCUT2D eigenvalue weighted by Gasteiger charge is -2.33. The van der Waals surface area contributed by atoms with Crippen LogP contribution in [0.15, 0.2) is 10.4 Å². The summed E-state index contributed by atoms with van der Waals surface area (Å²) in [5.74, 6) is 1.63. The van der Waals surface area contributed by atoms with E-state index in [9.17, 15) is 0 Å². The monoisotopic (exact) mass is 493 g/mol. The van der Waals surface area contributed by atoms with Crippen molar-refractivity contribution in [3.05, 3.63) is 16.1 Å². The number of rotatable bonds is 5. The molecule has 0 bridgehead atoms. The minimum absolute atomic E-state index is 0. The quantitative estimate of drug-likeness (QED) is 0.372. The Morgan fingerprint density at radius 2 is 2.00 bits per heavy atom. The molecule has 0 aromatic carbocycles. The first-order valence-corrected chi connectivity index (χ1v) is 10.3. The molecule has 2 rings (SSSR count). The largest absolute Gasteiger partial charge is 0.354 e. The fourth-order valence-corrected chi connectivity index (χ4v) is 4.02. The van der Waals surface area contributed by atoms with Crippen molar-refractivity contribution in [3.63, 3.8) is 0 Å². The van der Waals surface area contributed by atoms with Crippen LogP contribution in [0.3, 0.4) is 0 Å². The predicted octanol–water partition coefficient (Wildman–Crippen LogP) is 3.84.